The van der Waals surface area contributed by atoms with Crippen molar-refractivity contribution in [3.63, 3.8) is 0 Å². The van der Waals surface area contributed by atoms with E-state index in [2.05, 4.69) is 11.9 Å². The number of hydrogen-bond donors (Lipinski definition) is 2. The molecule has 0 fully saturated rings. The monoisotopic (exact) mass is 223 g/mol. The predicted molar refractivity (Wildman–Crippen MR) is 63.4 cm³/mol. The van der Waals surface area contributed by atoms with Gasteiger partial charge in [-0.2, -0.15) is 0 Å². The van der Waals surface area contributed by atoms with Gasteiger partial charge in [0, 0.05) is 21.7 Å². The third-order valence-corrected chi connectivity index (χ3v) is 3.08. The van der Waals surface area contributed by atoms with Crippen LogP contribution >= 0.6 is 11.6 Å². The summed E-state index contributed by atoms with van der Waals surface area (Å²) in [6, 6.07) is 3.74. The minimum atomic E-state index is -0.511. The van der Waals surface area contributed by atoms with E-state index in [0.29, 0.717) is 5.02 Å². The zero-order chi connectivity index (χ0) is 11.2. The summed E-state index contributed by atoms with van der Waals surface area (Å²) < 4.78 is 0. The van der Waals surface area contributed by atoms with Gasteiger partial charge in [0.05, 0.1) is 11.6 Å². The summed E-state index contributed by atoms with van der Waals surface area (Å²) in [5.74, 6) is 0. The van der Waals surface area contributed by atoms with E-state index in [-0.39, 0.29) is 0 Å². The van der Waals surface area contributed by atoms with Crippen LogP contribution in [0.25, 0.3) is 10.9 Å². The van der Waals surface area contributed by atoms with Crippen LogP contribution in [0.15, 0.2) is 12.1 Å². The van der Waals surface area contributed by atoms with Gasteiger partial charge >= 0.3 is 0 Å². The highest BCUT2D eigenvalue weighted by molar-refractivity contribution is 6.31. The summed E-state index contributed by atoms with van der Waals surface area (Å²) in [6.07, 6.45) is -0.511. The lowest BCUT2D eigenvalue weighted by Gasteiger charge is -2.07. The van der Waals surface area contributed by atoms with E-state index in [4.69, 9.17) is 11.6 Å². The average molecular weight is 224 g/mol. The molecule has 2 aromatic rings. The highest BCUT2D eigenvalue weighted by Gasteiger charge is 2.12. The first kappa shape index (κ1) is 10.5. The van der Waals surface area contributed by atoms with Crippen LogP contribution in [0.4, 0.5) is 0 Å². The van der Waals surface area contributed by atoms with Crippen LogP contribution in [0.5, 0.6) is 0 Å². The average Bonchev–Trinajstić information content (AvgIpc) is 2.43. The van der Waals surface area contributed by atoms with Crippen molar-refractivity contribution in [3.05, 3.63) is 34.0 Å². The predicted octanol–water partition coefficient (Wildman–Crippen LogP) is 3.49. The third kappa shape index (κ3) is 1.64. The molecule has 1 aromatic carbocycles. The zero-order valence-corrected chi connectivity index (χ0v) is 9.81. The quantitative estimate of drug-likeness (QED) is 0.763. The van der Waals surface area contributed by atoms with Crippen LogP contribution in [0.1, 0.15) is 29.8 Å². The largest absolute Gasteiger partial charge is 0.389 e. The van der Waals surface area contributed by atoms with Crippen molar-refractivity contribution in [2.75, 3.05) is 0 Å². The Labute approximate surface area is 93.9 Å². The van der Waals surface area contributed by atoms with Crippen LogP contribution in [0, 0.1) is 13.8 Å². The van der Waals surface area contributed by atoms with Gasteiger partial charge in [-0.25, -0.2) is 0 Å². The standard InChI is InChI=1S/C12H14ClNO/c1-6-7(2)14-12-10(6)4-9(13)5-11(12)8(3)15/h4-5,8,14-15H,1-3H3. The van der Waals surface area contributed by atoms with Gasteiger partial charge in [0.25, 0.3) is 0 Å². The van der Waals surface area contributed by atoms with E-state index >= 15 is 0 Å². The number of aliphatic hydroxyl groups excluding tert-OH is 1. The molecule has 15 heavy (non-hydrogen) atoms. The maximum Gasteiger partial charge on any atom is 0.0782 e. The van der Waals surface area contributed by atoms with Gasteiger partial charge in [-0.3, -0.25) is 0 Å². The van der Waals surface area contributed by atoms with E-state index in [1.165, 1.54) is 5.56 Å². The fourth-order valence-electron chi connectivity index (χ4n) is 1.88. The van der Waals surface area contributed by atoms with Crippen molar-refractivity contribution >= 4 is 22.5 Å². The van der Waals surface area contributed by atoms with Crippen LogP contribution in [-0.2, 0) is 0 Å². The Bertz CT molecular complexity index is 514. The Hall–Kier alpha value is -0.990. The number of benzene rings is 1. The lowest BCUT2D eigenvalue weighted by Crippen LogP contribution is -1.92. The van der Waals surface area contributed by atoms with Gasteiger partial charge in [0.2, 0.25) is 0 Å². The van der Waals surface area contributed by atoms with Crippen molar-refractivity contribution in [3.8, 4) is 0 Å². The first-order valence-electron chi connectivity index (χ1n) is 4.97. The number of rotatable bonds is 1. The molecule has 0 amide bonds. The lowest BCUT2D eigenvalue weighted by molar-refractivity contribution is 0.200. The van der Waals surface area contributed by atoms with Gasteiger partial charge in [0.15, 0.2) is 0 Å². The summed E-state index contributed by atoms with van der Waals surface area (Å²) in [6.45, 7) is 5.82. The topological polar surface area (TPSA) is 36.0 Å². The molecular formula is C12H14ClNO. The van der Waals surface area contributed by atoms with Gasteiger partial charge in [-0.15, -0.1) is 0 Å². The summed E-state index contributed by atoms with van der Waals surface area (Å²) in [7, 11) is 0. The molecule has 2 nitrogen and oxygen atoms in total. The second kappa shape index (κ2) is 3.54. The molecule has 0 spiro atoms. The molecule has 80 valence electrons. The Kier molecular flexibility index (Phi) is 2.49. The van der Waals surface area contributed by atoms with E-state index in [1.54, 1.807) is 6.92 Å². The molecule has 0 aliphatic carbocycles. The van der Waals surface area contributed by atoms with E-state index in [9.17, 15) is 5.11 Å². The molecule has 2 N–H and O–H groups in total. The molecule has 0 saturated carbocycles. The molecule has 0 radical (unpaired) electrons. The fourth-order valence-corrected chi connectivity index (χ4v) is 2.10. The van der Waals surface area contributed by atoms with Crippen molar-refractivity contribution in [1.82, 2.24) is 4.98 Å². The molecule has 1 unspecified atom stereocenters. The highest BCUT2D eigenvalue weighted by Crippen LogP contribution is 2.31. The number of hydrogen-bond acceptors (Lipinski definition) is 1. The van der Waals surface area contributed by atoms with Gasteiger partial charge in [-0.05, 0) is 38.5 Å². The lowest BCUT2D eigenvalue weighted by atomic mass is 10.1. The van der Waals surface area contributed by atoms with Gasteiger partial charge in [-0.1, -0.05) is 11.6 Å². The fraction of sp³-hybridized carbons (Fsp3) is 0.333. The number of halogens is 1. The first-order chi connectivity index (χ1) is 7.00. The smallest absolute Gasteiger partial charge is 0.0782 e. The van der Waals surface area contributed by atoms with Gasteiger partial charge in [0.1, 0.15) is 0 Å². The molecule has 1 atom stereocenters. The second-order valence-electron chi connectivity index (χ2n) is 3.97. The SMILES string of the molecule is Cc1[nH]c2c(C(C)O)cc(Cl)cc2c1C. The van der Waals surface area contributed by atoms with Crippen LogP contribution in [0.3, 0.4) is 0 Å². The zero-order valence-electron chi connectivity index (χ0n) is 9.06. The molecule has 0 saturated heterocycles. The summed E-state index contributed by atoms with van der Waals surface area (Å²) in [5.41, 5.74) is 4.15. The molecule has 1 aromatic heterocycles. The first-order valence-corrected chi connectivity index (χ1v) is 5.35. The minimum Gasteiger partial charge on any atom is -0.389 e. The normalized spacial score (nSPS) is 13.4. The number of aliphatic hydroxyl groups is 1. The molecule has 0 aliphatic heterocycles. The number of aryl methyl sites for hydroxylation is 2. The van der Waals surface area contributed by atoms with E-state index < -0.39 is 6.10 Å². The number of aromatic nitrogens is 1. The Morgan fingerprint density at radius 1 is 1.33 bits per heavy atom. The summed E-state index contributed by atoms with van der Waals surface area (Å²) in [4.78, 5) is 3.29. The van der Waals surface area contributed by atoms with Crippen molar-refractivity contribution in [2.45, 2.75) is 26.9 Å². The Morgan fingerprint density at radius 3 is 2.60 bits per heavy atom. The van der Waals surface area contributed by atoms with E-state index in [1.807, 2.05) is 19.1 Å². The third-order valence-electron chi connectivity index (χ3n) is 2.86. The number of nitrogens with one attached hydrogen (secondary N) is 1. The van der Waals surface area contributed by atoms with Crippen LogP contribution < -0.4 is 0 Å². The Morgan fingerprint density at radius 2 is 2.00 bits per heavy atom. The molecule has 3 heteroatoms. The molecule has 1 heterocycles. The van der Waals surface area contributed by atoms with Crippen LogP contribution in [-0.4, -0.2) is 10.1 Å². The maximum absolute atomic E-state index is 9.67. The van der Waals surface area contributed by atoms with Gasteiger partial charge < -0.3 is 10.1 Å². The van der Waals surface area contributed by atoms with Crippen molar-refractivity contribution in [1.29, 1.82) is 0 Å². The number of aromatic amines is 1. The molecule has 2 rings (SSSR count). The van der Waals surface area contributed by atoms with Crippen LogP contribution in [0.2, 0.25) is 5.02 Å². The van der Waals surface area contributed by atoms with Crippen molar-refractivity contribution in [2.24, 2.45) is 0 Å². The summed E-state index contributed by atoms with van der Waals surface area (Å²) in [5, 5.41) is 11.4. The minimum absolute atomic E-state index is 0.511. The Balaban J connectivity index is 2.86. The highest BCUT2D eigenvalue weighted by atomic mass is 35.5. The molecule has 0 bridgehead atoms. The van der Waals surface area contributed by atoms with Crippen molar-refractivity contribution < 1.29 is 5.11 Å². The number of fused-ring (bicyclic) bond motifs is 1. The maximum atomic E-state index is 9.67. The van der Waals surface area contributed by atoms with E-state index in [0.717, 1.165) is 22.2 Å². The summed E-state index contributed by atoms with van der Waals surface area (Å²) >= 11 is 6.02. The second-order valence-corrected chi connectivity index (χ2v) is 4.40. The molecule has 0 aliphatic rings. The number of H-pyrrole nitrogens is 1. The molecular weight excluding hydrogens is 210 g/mol.